The Kier molecular flexibility index (Phi) is 6.71. The lowest BCUT2D eigenvalue weighted by Gasteiger charge is -2.32. The SMILES string of the molecule is O=C(OCCOc1ccccc1Cl)C1CCN(c2ccccc2[N+](=O)[O-])CC1. The number of anilines is 1. The van der Waals surface area contributed by atoms with E-state index in [-0.39, 0.29) is 35.7 Å². The van der Waals surface area contributed by atoms with Crippen LogP contribution in [0.5, 0.6) is 5.75 Å². The van der Waals surface area contributed by atoms with Crippen LogP contribution in [0.15, 0.2) is 48.5 Å². The minimum absolute atomic E-state index is 0.0836. The van der Waals surface area contributed by atoms with E-state index >= 15 is 0 Å². The highest BCUT2D eigenvalue weighted by molar-refractivity contribution is 6.32. The van der Waals surface area contributed by atoms with Gasteiger partial charge in [-0.2, -0.15) is 0 Å². The first-order valence-corrected chi connectivity index (χ1v) is 9.46. The molecule has 1 fully saturated rings. The molecule has 0 unspecified atom stereocenters. The molecule has 0 saturated carbocycles. The molecule has 1 aliphatic rings. The summed E-state index contributed by atoms with van der Waals surface area (Å²) in [5.74, 6) is 0.0854. The maximum absolute atomic E-state index is 12.3. The Morgan fingerprint density at radius 3 is 2.50 bits per heavy atom. The molecule has 1 aliphatic heterocycles. The quantitative estimate of drug-likeness (QED) is 0.299. The van der Waals surface area contributed by atoms with Crippen LogP contribution in [0.3, 0.4) is 0 Å². The average Bonchev–Trinajstić information content (AvgIpc) is 2.72. The van der Waals surface area contributed by atoms with Crippen LogP contribution in [0.25, 0.3) is 0 Å². The Hall–Kier alpha value is -2.80. The van der Waals surface area contributed by atoms with E-state index in [0.717, 1.165) is 0 Å². The van der Waals surface area contributed by atoms with Gasteiger partial charge in [-0.05, 0) is 31.0 Å². The number of hydrogen-bond donors (Lipinski definition) is 0. The van der Waals surface area contributed by atoms with Crippen molar-refractivity contribution >= 4 is 28.9 Å². The van der Waals surface area contributed by atoms with Gasteiger partial charge in [-0.3, -0.25) is 14.9 Å². The molecule has 0 aliphatic carbocycles. The molecule has 28 heavy (non-hydrogen) atoms. The molecule has 1 saturated heterocycles. The second-order valence-corrected chi connectivity index (χ2v) is 6.86. The first kappa shape index (κ1) is 19.9. The highest BCUT2D eigenvalue weighted by atomic mass is 35.5. The average molecular weight is 405 g/mol. The van der Waals surface area contributed by atoms with Crippen LogP contribution in [0.2, 0.25) is 5.02 Å². The molecule has 0 spiro atoms. The number of hydrogen-bond acceptors (Lipinski definition) is 6. The number of piperidine rings is 1. The zero-order valence-electron chi connectivity index (χ0n) is 15.3. The van der Waals surface area contributed by atoms with Crippen LogP contribution < -0.4 is 9.64 Å². The molecule has 0 radical (unpaired) electrons. The van der Waals surface area contributed by atoms with Gasteiger partial charge in [0, 0.05) is 19.2 Å². The van der Waals surface area contributed by atoms with Crippen LogP contribution in [0.4, 0.5) is 11.4 Å². The van der Waals surface area contributed by atoms with E-state index in [1.807, 2.05) is 17.0 Å². The highest BCUT2D eigenvalue weighted by Gasteiger charge is 2.28. The third kappa shape index (κ3) is 4.92. The topological polar surface area (TPSA) is 81.9 Å². The van der Waals surface area contributed by atoms with Gasteiger partial charge in [-0.1, -0.05) is 35.9 Å². The lowest BCUT2D eigenvalue weighted by molar-refractivity contribution is -0.384. The van der Waals surface area contributed by atoms with Crippen LogP contribution in [0.1, 0.15) is 12.8 Å². The standard InChI is InChI=1S/C20H21ClN2O5/c21-16-5-1-4-8-19(16)27-13-14-28-20(24)15-9-11-22(12-10-15)17-6-2-3-7-18(17)23(25)26/h1-8,15H,9-14H2. The van der Waals surface area contributed by atoms with Gasteiger partial charge in [0.2, 0.25) is 0 Å². The van der Waals surface area contributed by atoms with Crippen molar-refractivity contribution in [1.29, 1.82) is 0 Å². The van der Waals surface area contributed by atoms with E-state index in [4.69, 9.17) is 21.1 Å². The van der Waals surface area contributed by atoms with Gasteiger partial charge in [-0.15, -0.1) is 0 Å². The zero-order chi connectivity index (χ0) is 19.9. The summed E-state index contributed by atoms with van der Waals surface area (Å²) in [4.78, 5) is 25.0. The lowest BCUT2D eigenvalue weighted by Crippen LogP contribution is -2.37. The second kappa shape index (κ2) is 9.41. The number of esters is 1. The number of nitrogens with zero attached hydrogens (tertiary/aromatic N) is 2. The fourth-order valence-electron chi connectivity index (χ4n) is 3.22. The molecule has 0 amide bonds. The maximum atomic E-state index is 12.3. The normalized spacial score (nSPS) is 14.5. The number of para-hydroxylation sites is 3. The number of carbonyl (C=O) groups excluding carboxylic acids is 1. The van der Waals surface area contributed by atoms with Gasteiger partial charge in [-0.25, -0.2) is 0 Å². The van der Waals surface area contributed by atoms with Crippen LogP contribution in [-0.4, -0.2) is 37.2 Å². The Morgan fingerprint density at radius 1 is 1.11 bits per heavy atom. The van der Waals surface area contributed by atoms with Crippen LogP contribution >= 0.6 is 11.6 Å². The summed E-state index contributed by atoms with van der Waals surface area (Å²) < 4.78 is 10.8. The van der Waals surface area contributed by atoms with Crippen molar-refractivity contribution in [2.45, 2.75) is 12.8 Å². The number of ether oxygens (including phenoxy) is 2. The fourth-order valence-corrected chi connectivity index (χ4v) is 3.41. The molecule has 0 aromatic heterocycles. The summed E-state index contributed by atoms with van der Waals surface area (Å²) in [6.45, 7) is 1.51. The molecule has 0 bridgehead atoms. The van der Waals surface area contributed by atoms with Crippen molar-refractivity contribution in [3.63, 3.8) is 0 Å². The molecule has 7 nitrogen and oxygen atoms in total. The van der Waals surface area contributed by atoms with E-state index in [1.54, 1.807) is 30.3 Å². The maximum Gasteiger partial charge on any atom is 0.309 e. The largest absolute Gasteiger partial charge is 0.488 e. The number of carbonyl (C=O) groups is 1. The highest BCUT2D eigenvalue weighted by Crippen LogP contribution is 2.31. The van der Waals surface area contributed by atoms with Gasteiger partial charge in [0.15, 0.2) is 0 Å². The van der Waals surface area contributed by atoms with Crippen molar-refractivity contribution < 1.29 is 19.2 Å². The molecule has 2 aromatic carbocycles. The summed E-state index contributed by atoms with van der Waals surface area (Å²) in [6.07, 6.45) is 1.19. The fraction of sp³-hybridized carbons (Fsp3) is 0.350. The number of halogens is 1. The zero-order valence-corrected chi connectivity index (χ0v) is 16.0. The summed E-state index contributed by atoms with van der Waals surface area (Å²) in [5, 5.41) is 11.7. The Bertz CT molecular complexity index is 837. The number of rotatable bonds is 7. The van der Waals surface area contributed by atoms with E-state index in [9.17, 15) is 14.9 Å². The Balaban J connectivity index is 1.44. The summed E-state index contributed by atoms with van der Waals surface area (Å²) in [5.41, 5.74) is 0.674. The molecule has 8 heteroatoms. The second-order valence-electron chi connectivity index (χ2n) is 6.45. The lowest BCUT2D eigenvalue weighted by atomic mass is 9.96. The van der Waals surface area contributed by atoms with E-state index in [1.165, 1.54) is 6.07 Å². The predicted molar refractivity (Wildman–Crippen MR) is 106 cm³/mol. The van der Waals surface area contributed by atoms with E-state index < -0.39 is 0 Å². The van der Waals surface area contributed by atoms with Crippen LogP contribution in [0, 0.1) is 16.0 Å². The van der Waals surface area contributed by atoms with Crippen molar-refractivity contribution in [2.75, 3.05) is 31.2 Å². The molecule has 2 aromatic rings. The number of nitro benzene ring substituents is 1. The number of nitro groups is 1. The van der Waals surface area contributed by atoms with Gasteiger partial charge in [0.25, 0.3) is 5.69 Å². The molecular formula is C20H21ClN2O5. The Morgan fingerprint density at radius 2 is 1.79 bits per heavy atom. The molecule has 3 rings (SSSR count). The Labute approximate surface area is 168 Å². The summed E-state index contributed by atoms with van der Waals surface area (Å²) in [6, 6.07) is 13.8. The monoisotopic (exact) mass is 404 g/mol. The van der Waals surface area contributed by atoms with Gasteiger partial charge in [0.05, 0.1) is 15.9 Å². The third-order valence-electron chi connectivity index (χ3n) is 4.67. The van der Waals surface area contributed by atoms with Crippen LogP contribution in [-0.2, 0) is 9.53 Å². The minimum Gasteiger partial charge on any atom is -0.488 e. The van der Waals surface area contributed by atoms with E-state index in [2.05, 4.69) is 0 Å². The predicted octanol–water partition coefficient (Wildman–Crippen LogP) is 4.09. The smallest absolute Gasteiger partial charge is 0.309 e. The van der Waals surface area contributed by atoms with Gasteiger partial charge < -0.3 is 14.4 Å². The molecule has 0 atom stereocenters. The van der Waals surface area contributed by atoms with Crippen molar-refractivity contribution in [1.82, 2.24) is 0 Å². The summed E-state index contributed by atoms with van der Waals surface area (Å²) >= 11 is 6.00. The van der Waals surface area contributed by atoms with Crippen molar-refractivity contribution in [2.24, 2.45) is 5.92 Å². The van der Waals surface area contributed by atoms with Gasteiger partial charge >= 0.3 is 5.97 Å². The van der Waals surface area contributed by atoms with Crippen molar-refractivity contribution in [3.05, 3.63) is 63.7 Å². The summed E-state index contributed by atoms with van der Waals surface area (Å²) in [7, 11) is 0. The number of benzene rings is 2. The first-order chi connectivity index (χ1) is 13.6. The molecular weight excluding hydrogens is 384 g/mol. The minimum atomic E-state index is -0.380. The molecule has 148 valence electrons. The van der Waals surface area contributed by atoms with E-state index in [0.29, 0.717) is 42.4 Å². The third-order valence-corrected chi connectivity index (χ3v) is 4.98. The first-order valence-electron chi connectivity index (χ1n) is 9.08. The van der Waals surface area contributed by atoms with Gasteiger partial charge in [0.1, 0.15) is 24.7 Å². The van der Waals surface area contributed by atoms with Crippen molar-refractivity contribution in [3.8, 4) is 5.75 Å². The molecule has 0 N–H and O–H groups in total. The molecule has 1 heterocycles.